The summed E-state index contributed by atoms with van der Waals surface area (Å²) in [4.78, 5) is 41.6. The van der Waals surface area contributed by atoms with Crippen LogP contribution < -0.4 is 15.4 Å². The van der Waals surface area contributed by atoms with Gasteiger partial charge in [-0.1, -0.05) is 48.5 Å². The Morgan fingerprint density at radius 3 is 2.34 bits per heavy atom. The maximum absolute atomic E-state index is 12.6. The topological polar surface area (TPSA) is 107 Å². The summed E-state index contributed by atoms with van der Waals surface area (Å²) in [6.07, 6.45) is 0.825. The van der Waals surface area contributed by atoms with Crippen LogP contribution in [-0.2, 0) is 16.1 Å². The molecule has 0 bridgehead atoms. The summed E-state index contributed by atoms with van der Waals surface area (Å²) in [6, 6.07) is 23.7. The van der Waals surface area contributed by atoms with Gasteiger partial charge in [-0.3, -0.25) is 9.78 Å². The van der Waals surface area contributed by atoms with Gasteiger partial charge in [-0.25, -0.2) is 9.59 Å². The molecule has 35 heavy (non-hydrogen) atoms. The maximum Gasteiger partial charge on any atom is 0.408 e. The quantitative estimate of drug-likeness (QED) is 0.300. The van der Waals surface area contributed by atoms with Crippen molar-refractivity contribution in [1.29, 1.82) is 0 Å². The molecule has 0 aliphatic rings. The fraction of sp³-hybridized carbons (Fsp3) is 0.111. The van der Waals surface area contributed by atoms with Gasteiger partial charge in [-0.05, 0) is 48.9 Å². The Morgan fingerprint density at radius 1 is 0.886 bits per heavy atom. The highest BCUT2D eigenvalue weighted by atomic mass is 16.6. The molecular weight excluding hydrogens is 446 g/mol. The molecule has 1 heterocycles. The summed E-state index contributed by atoms with van der Waals surface area (Å²) < 4.78 is 10.7. The third-order valence-corrected chi connectivity index (χ3v) is 5.13. The molecule has 4 rings (SSSR count). The van der Waals surface area contributed by atoms with Crippen LogP contribution in [0, 0.1) is 0 Å². The van der Waals surface area contributed by atoms with Crippen molar-refractivity contribution >= 4 is 34.6 Å². The highest BCUT2D eigenvalue weighted by Gasteiger charge is 2.21. The molecule has 0 radical (unpaired) electrons. The highest BCUT2D eigenvalue weighted by molar-refractivity contribution is 6.09. The van der Waals surface area contributed by atoms with Crippen LogP contribution in [0.3, 0.4) is 0 Å². The fourth-order valence-electron chi connectivity index (χ4n) is 3.32. The van der Waals surface area contributed by atoms with E-state index in [0.717, 1.165) is 5.56 Å². The number of anilines is 1. The molecule has 4 aromatic rings. The highest BCUT2D eigenvalue weighted by Crippen LogP contribution is 2.30. The van der Waals surface area contributed by atoms with Crippen LogP contribution in [0.2, 0.25) is 0 Å². The number of rotatable bonds is 7. The van der Waals surface area contributed by atoms with Crippen molar-refractivity contribution < 1.29 is 23.9 Å². The smallest absolute Gasteiger partial charge is 0.408 e. The second-order valence-corrected chi connectivity index (χ2v) is 7.68. The molecule has 0 spiro atoms. The van der Waals surface area contributed by atoms with Gasteiger partial charge in [0.05, 0.1) is 5.69 Å². The van der Waals surface area contributed by atoms with Gasteiger partial charge in [-0.15, -0.1) is 0 Å². The third kappa shape index (κ3) is 6.00. The molecule has 0 aliphatic carbocycles. The Kier molecular flexibility index (Phi) is 7.32. The number of nitrogens with zero attached hydrogens (tertiary/aromatic N) is 1. The average molecular weight is 469 g/mol. The van der Waals surface area contributed by atoms with E-state index in [0.29, 0.717) is 22.2 Å². The molecule has 0 fully saturated rings. The van der Waals surface area contributed by atoms with Crippen LogP contribution in [0.1, 0.15) is 22.8 Å². The number of ether oxygens (including phenoxy) is 2. The molecule has 1 aromatic heterocycles. The van der Waals surface area contributed by atoms with Crippen molar-refractivity contribution in [3.05, 3.63) is 102 Å². The summed E-state index contributed by atoms with van der Waals surface area (Å²) >= 11 is 0. The molecule has 2 amide bonds. The molecule has 8 heteroatoms. The number of alkyl carbamates (subject to hydrolysis) is 1. The zero-order valence-electron chi connectivity index (χ0n) is 18.9. The van der Waals surface area contributed by atoms with E-state index >= 15 is 0 Å². The maximum atomic E-state index is 12.6. The average Bonchev–Trinajstić information content (AvgIpc) is 2.90. The van der Waals surface area contributed by atoms with Gasteiger partial charge in [0.15, 0.2) is 5.75 Å². The number of fused-ring (bicyclic) bond motifs is 1. The predicted molar refractivity (Wildman–Crippen MR) is 131 cm³/mol. The van der Waals surface area contributed by atoms with Gasteiger partial charge >= 0.3 is 12.1 Å². The van der Waals surface area contributed by atoms with E-state index in [-0.39, 0.29) is 18.3 Å². The van der Waals surface area contributed by atoms with E-state index < -0.39 is 18.1 Å². The lowest BCUT2D eigenvalue weighted by Gasteiger charge is -2.15. The number of hydrogen-bond donors (Lipinski definition) is 2. The minimum absolute atomic E-state index is 0.0825. The minimum atomic E-state index is -0.963. The Labute approximate surface area is 201 Å². The Hall–Kier alpha value is -4.72. The van der Waals surface area contributed by atoms with Gasteiger partial charge < -0.3 is 20.1 Å². The van der Waals surface area contributed by atoms with Gasteiger partial charge in [-0.2, -0.15) is 0 Å². The first kappa shape index (κ1) is 23.4. The summed E-state index contributed by atoms with van der Waals surface area (Å²) in [5.74, 6) is -0.753. The van der Waals surface area contributed by atoms with Crippen molar-refractivity contribution in [2.24, 2.45) is 0 Å². The lowest BCUT2D eigenvalue weighted by molar-refractivity contribution is -0.136. The standard InChI is InChI=1S/C27H23N3O5/c1-18(29-27(33)34-17-19-9-4-2-5-10-19)26(32)35-23-15-14-22(21-13-8-16-28-24(21)23)30-25(31)20-11-6-3-7-12-20/h2-16,18H,17H2,1H3,(H,29,33)(H,30,31)/t18-/m0/s1. The fourth-order valence-corrected chi connectivity index (χ4v) is 3.32. The number of carbonyl (C=O) groups excluding carboxylic acids is 3. The molecular formula is C27H23N3O5. The van der Waals surface area contributed by atoms with Gasteiger partial charge in [0.1, 0.15) is 18.2 Å². The van der Waals surface area contributed by atoms with E-state index in [9.17, 15) is 14.4 Å². The van der Waals surface area contributed by atoms with E-state index in [4.69, 9.17) is 9.47 Å². The number of carbonyl (C=O) groups is 3. The molecule has 1 atom stereocenters. The number of aromatic nitrogens is 1. The number of hydrogen-bond acceptors (Lipinski definition) is 6. The van der Waals surface area contributed by atoms with Crippen molar-refractivity contribution in [3.63, 3.8) is 0 Å². The molecule has 0 saturated carbocycles. The molecule has 3 aromatic carbocycles. The zero-order chi connectivity index (χ0) is 24.6. The van der Waals surface area contributed by atoms with Crippen LogP contribution in [0.4, 0.5) is 10.5 Å². The SMILES string of the molecule is C[C@H](NC(=O)OCc1ccccc1)C(=O)Oc1ccc(NC(=O)c2ccccc2)c2cccnc12. The number of pyridine rings is 1. The second kappa shape index (κ2) is 10.9. The number of nitrogens with one attached hydrogen (secondary N) is 2. The van der Waals surface area contributed by atoms with E-state index in [1.54, 1.807) is 54.7 Å². The monoisotopic (exact) mass is 469 g/mol. The summed E-state index contributed by atoms with van der Waals surface area (Å²) in [5.41, 5.74) is 2.26. The van der Waals surface area contributed by atoms with Crippen LogP contribution >= 0.6 is 0 Å². The lowest BCUT2D eigenvalue weighted by Crippen LogP contribution is -2.41. The first-order valence-electron chi connectivity index (χ1n) is 10.9. The first-order chi connectivity index (χ1) is 17.0. The molecule has 176 valence electrons. The summed E-state index contributed by atoms with van der Waals surface area (Å²) in [7, 11) is 0. The van der Waals surface area contributed by atoms with Crippen molar-refractivity contribution in [1.82, 2.24) is 10.3 Å². The third-order valence-electron chi connectivity index (χ3n) is 5.13. The van der Waals surface area contributed by atoms with E-state index in [2.05, 4.69) is 15.6 Å². The van der Waals surface area contributed by atoms with Crippen LogP contribution in [0.5, 0.6) is 5.75 Å². The van der Waals surface area contributed by atoms with E-state index in [1.165, 1.54) is 6.92 Å². The predicted octanol–water partition coefficient (Wildman–Crippen LogP) is 4.71. The van der Waals surface area contributed by atoms with Crippen LogP contribution in [0.15, 0.2) is 91.1 Å². The van der Waals surface area contributed by atoms with Gasteiger partial charge in [0, 0.05) is 17.1 Å². The zero-order valence-corrected chi connectivity index (χ0v) is 18.9. The summed E-state index contributed by atoms with van der Waals surface area (Å²) in [5, 5.41) is 5.93. The Bertz CT molecular complexity index is 1340. The normalized spacial score (nSPS) is 11.3. The van der Waals surface area contributed by atoms with Gasteiger partial charge in [0.25, 0.3) is 5.91 Å². The van der Waals surface area contributed by atoms with E-state index in [1.807, 2.05) is 36.4 Å². The first-order valence-corrected chi connectivity index (χ1v) is 10.9. The molecule has 0 saturated heterocycles. The number of esters is 1. The number of benzene rings is 3. The Balaban J connectivity index is 1.42. The van der Waals surface area contributed by atoms with Crippen molar-refractivity contribution in [3.8, 4) is 5.75 Å². The van der Waals surface area contributed by atoms with Crippen LogP contribution in [0.25, 0.3) is 10.9 Å². The van der Waals surface area contributed by atoms with Crippen LogP contribution in [-0.4, -0.2) is 29.0 Å². The van der Waals surface area contributed by atoms with Gasteiger partial charge in [0.2, 0.25) is 0 Å². The molecule has 2 N–H and O–H groups in total. The largest absolute Gasteiger partial charge is 0.445 e. The number of amides is 2. The molecule has 8 nitrogen and oxygen atoms in total. The van der Waals surface area contributed by atoms with Crippen molar-refractivity contribution in [2.75, 3.05) is 5.32 Å². The summed E-state index contributed by atoms with van der Waals surface area (Å²) in [6.45, 7) is 1.58. The lowest BCUT2D eigenvalue weighted by atomic mass is 10.1. The second-order valence-electron chi connectivity index (χ2n) is 7.68. The molecule has 0 unspecified atom stereocenters. The Morgan fingerprint density at radius 2 is 1.60 bits per heavy atom. The van der Waals surface area contributed by atoms with Crippen molar-refractivity contribution in [2.45, 2.75) is 19.6 Å². The minimum Gasteiger partial charge on any atom is -0.445 e. The molecule has 0 aliphatic heterocycles.